The van der Waals surface area contributed by atoms with Crippen LogP contribution in [-0.2, 0) is 9.53 Å². The van der Waals surface area contributed by atoms with E-state index in [0.29, 0.717) is 0 Å². The second-order valence-electron chi connectivity index (χ2n) is 4.51. The predicted octanol–water partition coefficient (Wildman–Crippen LogP) is 0.361. The zero-order valence-electron chi connectivity index (χ0n) is 9.25. The summed E-state index contributed by atoms with van der Waals surface area (Å²) in [7, 11) is 0. The van der Waals surface area contributed by atoms with Gasteiger partial charge < -0.3 is 10.5 Å². The van der Waals surface area contributed by atoms with Gasteiger partial charge in [0.05, 0.1) is 11.6 Å². The van der Waals surface area contributed by atoms with E-state index < -0.39 is 0 Å². The zero-order chi connectivity index (χ0) is 10.8. The number of rotatable bonds is 2. The Labute approximate surface area is 85.4 Å². The summed E-state index contributed by atoms with van der Waals surface area (Å²) in [4.78, 5) is 13.2. The van der Waals surface area contributed by atoms with E-state index in [9.17, 15) is 4.79 Å². The first-order chi connectivity index (χ1) is 6.42. The van der Waals surface area contributed by atoms with E-state index in [0.717, 1.165) is 26.1 Å². The molecule has 0 aromatic carbocycles. The first kappa shape index (κ1) is 11.5. The van der Waals surface area contributed by atoms with Crippen LogP contribution in [0.3, 0.4) is 0 Å². The van der Waals surface area contributed by atoms with Crippen LogP contribution in [0.1, 0.15) is 27.2 Å². The summed E-state index contributed by atoms with van der Waals surface area (Å²) in [6.45, 7) is 8.33. The van der Waals surface area contributed by atoms with Crippen LogP contribution in [0.25, 0.3) is 0 Å². The van der Waals surface area contributed by atoms with Gasteiger partial charge in [-0.3, -0.25) is 9.69 Å². The number of carbonyl (C=O) groups excluding carboxylic acids is 1. The van der Waals surface area contributed by atoms with E-state index in [2.05, 4.69) is 4.90 Å². The smallest absolute Gasteiger partial charge is 0.234 e. The summed E-state index contributed by atoms with van der Waals surface area (Å²) in [6, 6.07) is -0.198. The minimum Gasteiger partial charge on any atom is -0.374 e. The molecule has 0 aromatic heterocycles. The molecule has 4 nitrogen and oxygen atoms in total. The Morgan fingerprint density at radius 2 is 2.21 bits per heavy atom. The average Bonchev–Trinajstić information content (AvgIpc) is 2.24. The van der Waals surface area contributed by atoms with Crippen molar-refractivity contribution < 1.29 is 9.53 Å². The van der Waals surface area contributed by atoms with Gasteiger partial charge in [0.1, 0.15) is 0 Å². The highest BCUT2D eigenvalue weighted by Crippen LogP contribution is 2.17. The molecule has 0 bridgehead atoms. The lowest BCUT2D eigenvalue weighted by Crippen LogP contribution is -2.48. The van der Waals surface area contributed by atoms with Gasteiger partial charge in [0.25, 0.3) is 0 Å². The van der Waals surface area contributed by atoms with Crippen molar-refractivity contribution in [3.05, 3.63) is 0 Å². The van der Waals surface area contributed by atoms with Gasteiger partial charge in [-0.25, -0.2) is 0 Å². The largest absolute Gasteiger partial charge is 0.374 e. The van der Waals surface area contributed by atoms with Crippen LogP contribution in [0, 0.1) is 0 Å². The molecule has 2 N–H and O–H groups in total. The lowest BCUT2D eigenvalue weighted by Gasteiger charge is -2.31. The Morgan fingerprint density at radius 3 is 2.79 bits per heavy atom. The van der Waals surface area contributed by atoms with E-state index >= 15 is 0 Å². The molecule has 0 saturated carbocycles. The van der Waals surface area contributed by atoms with E-state index in [1.807, 2.05) is 20.8 Å². The third-order valence-electron chi connectivity index (χ3n) is 2.63. The van der Waals surface area contributed by atoms with Crippen LogP contribution in [-0.4, -0.2) is 42.1 Å². The highest BCUT2D eigenvalue weighted by Gasteiger charge is 2.29. The number of amides is 1. The number of carbonyl (C=O) groups is 1. The molecule has 1 atom stereocenters. The number of primary amides is 1. The van der Waals surface area contributed by atoms with Crippen LogP contribution in [0.5, 0.6) is 0 Å². The standard InChI is InChI=1S/C10H20N2O2/c1-8(9(11)13)12-5-4-6-14-10(2,3)7-12/h8H,4-7H2,1-3H3,(H2,11,13). The van der Waals surface area contributed by atoms with E-state index in [4.69, 9.17) is 10.5 Å². The van der Waals surface area contributed by atoms with Crippen molar-refractivity contribution in [2.45, 2.75) is 38.8 Å². The fraction of sp³-hybridized carbons (Fsp3) is 0.900. The highest BCUT2D eigenvalue weighted by atomic mass is 16.5. The second kappa shape index (κ2) is 4.28. The van der Waals surface area contributed by atoms with Gasteiger partial charge in [0.2, 0.25) is 5.91 Å². The molecule has 14 heavy (non-hydrogen) atoms. The minimum atomic E-state index is -0.261. The van der Waals surface area contributed by atoms with Crippen LogP contribution >= 0.6 is 0 Å². The molecule has 0 radical (unpaired) electrons. The molecule has 82 valence electrons. The van der Waals surface area contributed by atoms with Gasteiger partial charge in [-0.15, -0.1) is 0 Å². The molecule has 0 spiro atoms. The van der Waals surface area contributed by atoms with Crippen molar-refractivity contribution in [2.24, 2.45) is 5.73 Å². The third kappa shape index (κ3) is 2.96. The van der Waals surface area contributed by atoms with Crippen LogP contribution < -0.4 is 5.73 Å². The molecule has 1 heterocycles. The molecule has 1 saturated heterocycles. The maximum Gasteiger partial charge on any atom is 0.234 e. The maximum atomic E-state index is 11.1. The summed E-state index contributed by atoms with van der Waals surface area (Å²) in [6.07, 6.45) is 0.959. The maximum absolute atomic E-state index is 11.1. The Kier molecular flexibility index (Phi) is 3.50. The van der Waals surface area contributed by atoms with E-state index in [-0.39, 0.29) is 17.6 Å². The van der Waals surface area contributed by atoms with Crippen molar-refractivity contribution in [3.8, 4) is 0 Å². The summed E-state index contributed by atoms with van der Waals surface area (Å²) in [5.74, 6) is -0.261. The summed E-state index contributed by atoms with van der Waals surface area (Å²) >= 11 is 0. The lowest BCUT2D eigenvalue weighted by atomic mass is 10.1. The van der Waals surface area contributed by atoms with Gasteiger partial charge >= 0.3 is 0 Å². The quantitative estimate of drug-likeness (QED) is 0.700. The number of hydrogen-bond acceptors (Lipinski definition) is 3. The topological polar surface area (TPSA) is 55.6 Å². The molecule has 1 fully saturated rings. The first-order valence-electron chi connectivity index (χ1n) is 5.10. The SMILES string of the molecule is CC(C(N)=O)N1CCCOC(C)(C)C1. The normalized spacial score (nSPS) is 25.4. The van der Waals surface area contributed by atoms with E-state index in [1.165, 1.54) is 0 Å². The predicted molar refractivity (Wildman–Crippen MR) is 54.9 cm³/mol. The second-order valence-corrected chi connectivity index (χ2v) is 4.51. The Bertz CT molecular complexity index is 216. The molecule has 4 heteroatoms. The highest BCUT2D eigenvalue weighted by molar-refractivity contribution is 5.79. The van der Waals surface area contributed by atoms with Gasteiger partial charge in [0.15, 0.2) is 0 Å². The zero-order valence-corrected chi connectivity index (χ0v) is 9.25. The van der Waals surface area contributed by atoms with Crippen LogP contribution in [0.15, 0.2) is 0 Å². The monoisotopic (exact) mass is 200 g/mol. The molecule has 0 aromatic rings. The third-order valence-corrected chi connectivity index (χ3v) is 2.63. The van der Waals surface area contributed by atoms with Gasteiger partial charge in [0, 0.05) is 19.7 Å². The number of nitrogens with zero attached hydrogens (tertiary/aromatic N) is 1. The Balaban J connectivity index is 2.64. The van der Waals surface area contributed by atoms with Gasteiger partial charge in [-0.05, 0) is 27.2 Å². The van der Waals surface area contributed by atoms with E-state index in [1.54, 1.807) is 0 Å². The Hall–Kier alpha value is -0.610. The molecule has 1 unspecified atom stereocenters. The molecule has 0 aliphatic carbocycles. The average molecular weight is 200 g/mol. The number of ether oxygens (including phenoxy) is 1. The summed E-state index contributed by atoms with van der Waals surface area (Å²) < 4.78 is 5.66. The Morgan fingerprint density at radius 1 is 1.57 bits per heavy atom. The first-order valence-corrected chi connectivity index (χ1v) is 5.10. The number of nitrogens with two attached hydrogens (primary N) is 1. The summed E-state index contributed by atoms with van der Waals surface area (Å²) in [5.41, 5.74) is 5.10. The lowest BCUT2D eigenvalue weighted by molar-refractivity contribution is -0.123. The fourth-order valence-corrected chi connectivity index (χ4v) is 1.74. The molecular formula is C10H20N2O2. The molecule has 1 aliphatic heterocycles. The molecule has 1 amide bonds. The molecule has 1 rings (SSSR count). The summed E-state index contributed by atoms with van der Waals surface area (Å²) in [5, 5.41) is 0. The van der Waals surface area contributed by atoms with Crippen LogP contribution in [0.4, 0.5) is 0 Å². The van der Waals surface area contributed by atoms with Crippen LogP contribution in [0.2, 0.25) is 0 Å². The molecule has 1 aliphatic rings. The van der Waals surface area contributed by atoms with Crippen molar-refractivity contribution in [3.63, 3.8) is 0 Å². The van der Waals surface area contributed by atoms with Gasteiger partial charge in [-0.1, -0.05) is 0 Å². The van der Waals surface area contributed by atoms with Crippen molar-refractivity contribution in [1.82, 2.24) is 4.90 Å². The minimum absolute atomic E-state index is 0.180. The van der Waals surface area contributed by atoms with Crippen molar-refractivity contribution in [2.75, 3.05) is 19.7 Å². The van der Waals surface area contributed by atoms with Crippen molar-refractivity contribution >= 4 is 5.91 Å². The van der Waals surface area contributed by atoms with Gasteiger partial charge in [-0.2, -0.15) is 0 Å². The number of hydrogen-bond donors (Lipinski definition) is 1. The van der Waals surface area contributed by atoms with Crippen molar-refractivity contribution in [1.29, 1.82) is 0 Å². The molecular weight excluding hydrogens is 180 g/mol. The fourth-order valence-electron chi connectivity index (χ4n) is 1.74.